The molecule has 2 rings (SSSR count). The Balaban J connectivity index is 2.67. The zero-order valence-electron chi connectivity index (χ0n) is 9.61. The molecule has 0 aliphatic carbocycles. The standard InChI is InChI=1S/C12H12N2O3/c1-3-17-12(16)9-6-14-10-7(2)4-13-5-8(10)11(9)15/h4-6H,3H2,1-2H3,(H,14,15). The summed E-state index contributed by atoms with van der Waals surface area (Å²) in [6.45, 7) is 3.77. The Hall–Kier alpha value is -2.17. The zero-order chi connectivity index (χ0) is 12.4. The van der Waals surface area contributed by atoms with E-state index in [0.29, 0.717) is 10.9 Å². The molecule has 17 heavy (non-hydrogen) atoms. The van der Waals surface area contributed by atoms with Gasteiger partial charge in [0.1, 0.15) is 5.56 Å². The van der Waals surface area contributed by atoms with Crippen molar-refractivity contribution in [1.82, 2.24) is 9.97 Å². The number of aromatic nitrogens is 2. The van der Waals surface area contributed by atoms with E-state index in [4.69, 9.17) is 4.74 Å². The molecule has 0 fully saturated rings. The molecule has 0 aliphatic heterocycles. The number of rotatable bonds is 2. The molecule has 2 heterocycles. The number of fused-ring (bicyclic) bond motifs is 1. The first-order valence-corrected chi connectivity index (χ1v) is 5.28. The summed E-state index contributed by atoms with van der Waals surface area (Å²) in [5.41, 5.74) is 1.20. The van der Waals surface area contributed by atoms with Crippen molar-refractivity contribution in [2.24, 2.45) is 0 Å². The molecule has 0 radical (unpaired) electrons. The normalized spacial score (nSPS) is 10.5. The fourth-order valence-electron chi connectivity index (χ4n) is 1.64. The molecule has 2 aromatic rings. The molecule has 0 bridgehead atoms. The Bertz CT molecular complexity index is 631. The van der Waals surface area contributed by atoms with Crippen LogP contribution >= 0.6 is 0 Å². The number of carbonyl (C=O) groups excluding carboxylic acids is 1. The van der Waals surface area contributed by atoms with E-state index in [1.165, 1.54) is 12.4 Å². The monoisotopic (exact) mass is 232 g/mol. The van der Waals surface area contributed by atoms with Crippen molar-refractivity contribution in [3.8, 4) is 0 Å². The van der Waals surface area contributed by atoms with Gasteiger partial charge in [-0.1, -0.05) is 0 Å². The van der Waals surface area contributed by atoms with E-state index >= 15 is 0 Å². The second kappa shape index (κ2) is 4.37. The lowest BCUT2D eigenvalue weighted by Gasteiger charge is -2.04. The third-order valence-electron chi connectivity index (χ3n) is 2.48. The van der Waals surface area contributed by atoms with Crippen molar-refractivity contribution in [1.29, 1.82) is 0 Å². The SMILES string of the molecule is CCOC(=O)c1c[nH]c2c(C)cncc2c1=O. The number of ether oxygens (including phenoxy) is 1. The van der Waals surface area contributed by atoms with Gasteiger partial charge in [0, 0.05) is 18.6 Å². The fourth-order valence-corrected chi connectivity index (χ4v) is 1.64. The molecular formula is C12H12N2O3. The van der Waals surface area contributed by atoms with Crippen molar-refractivity contribution < 1.29 is 9.53 Å². The molecule has 0 saturated carbocycles. The van der Waals surface area contributed by atoms with Crippen molar-refractivity contribution in [2.45, 2.75) is 13.8 Å². The number of nitrogens with one attached hydrogen (secondary N) is 1. The molecule has 5 nitrogen and oxygen atoms in total. The first-order valence-electron chi connectivity index (χ1n) is 5.28. The Morgan fingerprint density at radius 2 is 2.24 bits per heavy atom. The second-order valence-electron chi connectivity index (χ2n) is 3.63. The van der Waals surface area contributed by atoms with Crippen molar-refractivity contribution in [2.75, 3.05) is 6.61 Å². The first-order chi connectivity index (χ1) is 8.15. The largest absolute Gasteiger partial charge is 0.462 e. The van der Waals surface area contributed by atoms with Crippen LogP contribution < -0.4 is 5.43 Å². The molecule has 0 unspecified atom stereocenters. The van der Waals surface area contributed by atoms with Gasteiger partial charge in [-0.3, -0.25) is 9.78 Å². The van der Waals surface area contributed by atoms with E-state index < -0.39 is 5.97 Å². The lowest BCUT2D eigenvalue weighted by atomic mass is 10.1. The number of carbonyl (C=O) groups is 1. The number of nitrogens with zero attached hydrogens (tertiary/aromatic N) is 1. The molecule has 88 valence electrons. The predicted octanol–water partition coefficient (Wildman–Crippen LogP) is 1.41. The van der Waals surface area contributed by atoms with Gasteiger partial charge < -0.3 is 9.72 Å². The van der Waals surface area contributed by atoms with Gasteiger partial charge in [0.05, 0.1) is 17.5 Å². The Labute approximate surface area is 97.4 Å². The minimum Gasteiger partial charge on any atom is -0.462 e. The highest BCUT2D eigenvalue weighted by Gasteiger charge is 2.14. The van der Waals surface area contributed by atoms with Crippen LogP contribution in [0.15, 0.2) is 23.4 Å². The smallest absolute Gasteiger partial charge is 0.343 e. The van der Waals surface area contributed by atoms with E-state index in [1.54, 1.807) is 13.1 Å². The van der Waals surface area contributed by atoms with Crippen LogP contribution in [-0.2, 0) is 4.74 Å². The quantitative estimate of drug-likeness (QED) is 0.794. The van der Waals surface area contributed by atoms with Gasteiger partial charge >= 0.3 is 5.97 Å². The van der Waals surface area contributed by atoms with Gasteiger partial charge in [0.15, 0.2) is 0 Å². The van der Waals surface area contributed by atoms with Gasteiger partial charge in [-0.2, -0.15) is 0 Å². The van der Waals surface area contributed by atoms with E-state index in [1.807, 2.05) is 6.92 Å². The van der Waals surface area contributed by atoms with E-state index in [0.717, 1.165) is 5.56 Å². The van der Waals surface area contributed by atoms with Gasteiger partial charge in [-0.05, 0) is 19.4 Å². The van der Waals surface area contributed by atoms with Crippen molar-refractivity contribution >= 4 is 16.9 Å². The van der Waals surface area contributed by atoms with Gasteiger partial charge in [-0.25, -0.2) is 4.79 Å². The fraction of sp³-hybridized carbons (Fsp3) is 0.250. The molecule has 0 aliphatic rings. The van der Waals surface area contributed by atoms with Gasteiger partial charge in [-0.15, -0.1) is 0 Å². The average Bonchev–Trinajstić information content (AvgIpc) is 2.31. The number of H-pyrrole nitrogens is 1. The molecule has 0 aromatic carbocycles. The molecule has 5 heteroatoms. The highest BCUT2D eigenvalue weighted by molar-refractivity contribution is 5.93. The van der Waals surface area contributed by atoms with Crippen LogP contribution in [-0.4, -0.2) is 22.5 Å². The van der Waals surface area contributed by atoms with E-state index in [9.17, 15) is 9.59 Å². The number of aromatic amines is 1. The topological polar surface area (TPSA) is 72.1 Å². The second-order valence-corrected chi connectivity index (χ2v) is 3.63. The summed E-state index contributed by atoms with van der Waals surface area (Å²) in [7, 11) is 0. The van der Waals surface area contributed by atoms with Crippen LogP contribution in [0, 0.1) is 6.92 Å². The lowest BCUT2D eigenvalue weighted by molar-refractivity contribution is 0.0524. The van der Waals surface area contributed by atoms with Crippen LogP contribution in [0.1, 0.15) is 22.8 Å². The molecule has 1 N–H and O–H groups in total. The maximum atomic E-state index is 12.0. The molecule has 0 amide bonds. The number of hydrogen-bond donors (Lipinski definition) is 1. The summed E-state index contributed by atoms with van der Waals surface area (Å²) in [6, 6.07) is 0. The van der Waals surface area contributed by atoms with Gasteiger partial charge in [0.2, 0.25) is 5.43 Å². The van der Waals surface area contributed by atoms with Gasteiger partial charge in [0.25, 0.3) is 0 Å². The summed E-state index contributed by atoms with van der Waals surface area (Å²) < 4.78 is 4.81. The average molecular weight is 232 g/mol. The molecule has 0 atom stereocenters. The molecule has 0 saturated heterocycles. The van der Waals surface area contributed by atoms with Crippen LogP contribution in [0.3, 0.4) is 0 Å². The Morgan fingerprint density at radius 1 is 1.47 bits per heavy atom. The Kier molecular flexibility index (Phi) is 2.91. The third kappa shape index (κ3) is 1.91. The van der Waals surface area contributed by atoms with E-state index in [-0.39, 0.29) is 17.6 Å². The number of esters is 1. The van der Waals surface area contributed by atoms with Crippen LogP contribution in [0.25, 0.3) is 10.9 Å². The Morgan fingerprint density at radius 3 is 2.94 bits per heavy atom. The number of hydrogen-bond acceptors (Lipinski definition) is 4. The van der Waals surface area contributed by atoms with Crippen LogP contribution in [0.5, 0.6) is 0 Å². The maximum Gasteiger partial charge on any atom is 0.343 e. The molecule has 0 spiro atoms. The lowest BCUT2D eigenvalue weighted by Crippen LogP contribution is -2.18. The van der Waals surface area contributed by atoms with Crippen LogP contribution in [0.2, 0.25) is 0 Å². The number of pyridine rings is 2. The molecule has 2 aromatic heterocycles. The minimum atomic E-state index is -0.614. The summed E-state index contributed by atoms with van der Waals surface area (Å²) in [5.74, 6) is -0.614. The van der Waals surface area contributed by atoms with Crippen molar-refractivity contribution in [3.63, 3.8) is 0 Å². The van der Waals surface area contributed by atoms with E-state index in [2.05, 4.69) is 9.97 Å². The highest BCUT2D eigenvalue weighted by atomic mass is 16.5. The third-order valence-corrected chi connectivity index (χ3v) is 2.48. The molecular weight excluding hydrogens is 220 g/mol. The first kappa shape index (κ1) is 11.3. The highest BCUT2D eigenvalue weighted by Crippen LogP contribution is 2.11. The minimum absolute atomic E-state index is 0.00625. The number of aryl methyl sites for hydroxylation is 1. The maximum absolute atomic E-state index is 12.0. The summed E-state index contributed by atoms with van der Waals surface area (Å²) in [4.78, 5) is 30.4. The summed E-state index contributed by atoms with van der Waals surface area (Å²) >= 11 is 0. The predicted molar refractivity (Wildman–Crippen MR) is 63.1 cm³/mol. The van der Waals surface area contributed by atoms with Crippen molar-refractivity contribution in [3.05, 3.63) is 39.9 Å². The van der Waals surface area contributed by atoms with Crippen LogP contribution in [0.4, 0.5) is 0 Å². The summed E-state index contributed by atoms with van der Waals surface area (Å²) in [5, 5.41) is 0.399. The summed E-state index contributed by atoms with van der Waals surface area (Å²) in [6.07, 6.45) is 4.49. The zero-order valence-corrected chi connectivity index (χ0v) is 9.61.